The number of aromatic nitrogens is 3. The molecule has 0 bridgehead atoms. The zero-order chi connectivity index (χ0) is 25.5. The molecule has 0 unspecified atom stereocenters. The normalized spacial score (nSPS) is 14.5. The predicted octanol–water partition coefficient (Wildman–Crippen LogP) is 4.50. The Bertz CT molecular complexity index is 1310. The summed E-state index contributed by atoms with van der Waals surface area (Å²) >= 11 is 1.25. The number of carbonyl (C=O) groups is 1. The summed E-state index contributed by atoms with van der Waals surface area (Å²) in [5, 5.41) is 6.58. The Balaban J connectivity index is 1.10. The van der Waals surface area contributed by atoms with Crippen LogP contribution in [0.2, 0.25) is 0 Å². The fourth-order valence-corrected chi connectivity index (χ4v) is 5.02. The van der Waals surface area contributed by atoms with Gasteiger partial charge in [-0.2, -0.15) is 0 Å². The molecule has 0 saturated carbocycles. The number of nitrogens with zero attached hydrogens (tertiary/aromatic N) is 4. The number of rotatable bonds is 9. The van der Waals surface area contributed by atoms with Crippen LogP contribution in [0.25, 0.3) is 11.0 Å². The topological polar surface area (TPSA) is 87.1 Å². The molecule has 1 saturated heterocycles. The number of benzene rings is 2. The molecule has 0 atom stereocenters. The number of hydrogen-bond acceptors (Lipinski definition) is 6. The minimum atomic E-state index is -0.233. The molecule has 2 amide bonds. The number of fused-ring (bicyclic) bond motifs is 1. The van der Waals surface area contributed by atoms with Gasteiger partial charge in [0.15, 0.2) is 0 Å². The van der Waals surface area contributed by atoms with E-state index >= 15 is 0 Å². The highest BCUT2D eigenvalue weighted by Crippen LogP contribution is 2.24. The number of hydrogen-bond donors (Lipinski definition) is 3. The Hall–Kier alpha value is -3.63. The highest BCUT2D eigenvalue weighted by atomic mass is 32.2. The second-order valence-electron chi connectivity index (χ2n) is 9.05. The highest BCUT2D eigenvalue weighted by molar-refractivity contribution is 7.98. The summed E-state index contributed by atoms with van der Waals surface area (Å²) in [6.45, 7) is 3.91. The second kappa shape index (κ2) is 12.1. The van der Waals surface area contributed by atoms with Crippen LogP contribution in [-0.2, 0) is 6.54 Å². The van der Waals surface area contributed by atoms with Gasteiger partial charge in [-0.15, -0.1) is 0 Å². The van der Waals surface area contributed by atoms with Gasteiger partial charge in [0.1, 0.15) is 5.82 Å². The summed E-state index contributed by atoms with van der Waals surface area (Å²) < 4.78 is 18.3. The van der Waals surface area contributed by atoms with Gasteiger partial charge in [-0.25, -0.2) is 14.2 Å². The second-order valence-corrected chi connectivity index (χ2v) is 9.93. The van der Waals surface area contributed by atoms with E-state index in [4.69, 9.17) is 4.98 Å². The smallest absolute Gasteiger partial charge is 0.325 e. The molecule has 2 aromatic carbocycles. The molecule has 2 aromatic heterocycles. The minimum absolute atomic E-state index is 0.203. The van der Waals surface area contributed by atoms with Gasteiger partial charge in [0, 0.05) is 49.5 Å². The standard InChI is InChI=1S/C27H30FN7OS/c28-21-9-7-20(8-10-21)19-35-25-6-2-1-5-24(25)32-26(35)31-22-11-15-34(16-12-22)17-14-30-27(36)33-37-23-4-3-13-29-18-23/h1-10,13,18,22H,11-12,14-17,19H2,(H,31,32)(H2,30,33,36). The molecule has 5 rings (SSSR count). The van der Waals surface area contributed by atoms with Gasteiger partial charge < -0.3 is 20.1 Å². The summed E-state index contributed by atoms with van der Waals surface area (Å²) in [5.74, 6) is 0.609. The molecule has 4 aromatic rings. The molecule has 192 valence electrons. The summed E-state index contributed by atoms with van der Waals surface area (Å²) in [5.41, 5.74) is 3.02. The quantitative estimate of drug-likeness (QED) is 0.282. The molecule has 8 nitrogen and oxygen atoms in total. The van der Waals surface area contributed by atoms with Crippen LogP contribution in [0.5, 0.6) is 0 Å². The van der Waals surface area contributed by atoms with E-state index in [0.29, 0.717) is 19.1 Å². The van der Waals surface area contributed by atoms with Crippen molar-refractivity contribution in [3.8, 4) is 0 Å². The van der Waals surface area contributed by atoms with Crippen molar-refractivity contribution in [1.82, 2.24) is 29.5 Å². The third-order valence-corrected chi connectivity index (χ3v) is 7.20. The first kappa shape index (κ1) is 25.0. The van der Waals surface area contributed by atoms with Crippen LogP contribution in [0.15, 0.2) is 78.0 Å². The average Bonchev–Trinajstić information content (AvgIpc) is 3.27. The molecule has 0 aliphatic carbocycles. The predicted molar refractivity (Wildman–Crippen MR) is 145 cm³/mol. The number of nitrogens with one attached hydrogen (secondary N) is 3. The van der Waals surface area contributed by atoms with Gasteiger partial charge in [-0.1, -0.05) is 24.3 Å². The van der Waals surface area contributed by atoms with Crippen LogP contribution < -0.4 is 15.4 Å². The van der Waals surface area contributed by atoms with Gasteiger partial charge in [-0.3, -0.25) is 9.71 Å². The van der Waals surface area contributed by atoms with Gasteiger partial charge in [0.2, 0.25) is 5.95 Å². The highest BCUT2D eigenvalue weighted by Gasteiger charge is 2.21. The van der Waals surface area contributed by atoms with E-state index in [9.17, 15) is 9.18 Å². The molecular weight excluding hydrogens is 489 g/mol. The van der Waals surface area contributed by atoms with Crippen molar-refractivity contribution in [2.45, 2.75) is 30.3 Å². The van der Waals surface area contributed by atoms with Gasteiger partial charge in [0.05, 0.1) is 17.6 Å². The lowest BCUT2D eigenvalue weighted by molar-refractivity contribution is 0.215. The summed E-state index contributed by atoms with van der Waals surface area (Å²) in [7, 11) is 0. The fraction of sp³-hybridized carbons (Fsp3) is 0.296. The zero-order valence-electron chi connectivity index (χ0n) is 20.4. The van der Waals surface area contributed by atoms with E-state index in [1.165, 1.54) is 24.1 Å². The third kappa shape index (κ3) is 6.78. The lowest BCUT2D eigenvalue weighted by atomic mass is 10.1. The Morgan fingerprint density at radius 3 is 2.65 bits per heavy atom. The molecule has 0 spiro atoms. The lowest BCUT2D eigenvalue weighted by Gasteiger charge is -2.32. The number of piperidine rings is 1. The molecule has 1 aliphatic rings. The Labute approximate surface area is 219 Å². The number of imidazole rings is 1. The average molecular weight is 520 g/mol. The van der Waals surface area contributed by atoms with Crippen molar-refractivity contribution >= 4 is 35.0 Å². The van der Waals surface area contributed by atoms with Crippen LogP contribution >= 0.6 is 11.9 Å². The SMILES string of the molecule is O=C(NCCN1CCC(Nc2nc3ccccc3n2Cc2ccc(F)cc2)CC1)NSc1cccnc1. The number of amides is 2. The van der Waals surface area contributed by atoms with E-state index in [0.717, 1.165) is 59.9 Å². The first-order chi connectivity index (χ1) is 18.1. The van der Waals surface area contributed by atoms with E-state index in [2.05, 4.69) is 35.9 Å². The van der Waals surface area contributed by atoms with Gasteiger partial charge >= 0.3 is 6.03 Å². The largest absolute Gasteiger partial charge is 0.353 e. The van der Waals surface area contributed by atoms with Gasteiger partial charge in [-0.05, 0) is 66.8 Å². The number of carbonyl (C=O) groups excluding carboxylic acids is 1. The number of pyridine rings is 1. The fourth-order valence-electron chi connectivity index (χ4n) is 4.48. The van der Waals surface area contributed by atoms with Crippen molar-refractivity contribution in [3.05, 3.63) is 84.4 Å². The van der Waals surface area contributed by atoms with Crippen LogP contribution in [0, 0.1) is 5.82 Å². The first-order valence-electron chi connectivity index (χ1n) is 12.4. The molecule has 3 N–H and O–H groups in total. The van der Waals surface area contributed by atoms with Crippen LogP contribution in [0.4, 0.5) is 15.1 Å². The summed E-state index contributed by atoms with van der Waals surface area (Å²) in [4.78, 5) is 24.2. The number of likely N-dealkylation sites (tertiary alicyclic amines) is 1. The molecule has 3 heterocycles. The van der Waals surface area contributed by atoms with Crippen molar-refractivity contribution < 1.29 is 9.18 Å². The van der Waals surface area contributed by atoms with Crippen molar-refractivity contribution in [2.24, 2.45) is 0 Å². The number of halogens is 1. The van der Waals surface area contributed by atoms with E-state index in [1.807, 2.05) is 42.5 Å². The number of anilines is 1. The van der Waals surface area contributed by atoms with Gasteiger partial charge in [0.25, 0.3) is 0 Å². The first-order valence-corrected chi connectivity index (χ1v) is 13.2. The maximum Gasteiger partial charge on any atom is 0.325 e. The van der Waals surface area contributed by atoms with Crippen LogP contribution in [0.1, 0.15) is 18.4 Å². The summed E-state index contributed by atoms with van der Waals surface area (Å²) in [6, 6.07) is 18.6. The third-order valence-electron chi connectivity index (χ3n) is 6.44. The molecule has 0 radical (unpaired) electrons. The Morgan fingerprint density at radius 1 is 1.05 bits per heavy atom. The maximum atomic E-state index is 13.4. The van der Waals surface area contributed by atoms with Crippen molar-refractivity contribution in [3.63, 3.8) is 0 Å². The Morgan fingerprint density at radius 2 is 1.86 bits per heavy atom. The molecule has 10 heteroatoms. The van der Waals surface area contributed by atoms with Crippen LogP contribution in [-0.4, -0.2) is 57.7 Å². The molecule has 1 aliphatic heterocycles. The summed E-state index contributed by atoms with van der Waals surface area (Å²) in [6.07, 6.45) is 5.39. The van der Waals surface area contributed by atoms with Crippen molar-refractivity contribution in [2.75, 3.05) is 31.5 Å². The maximum absolute atomic E-state index is 13.4. The minimum Gasteiger partial charge on any atom is -0.353 e. The van der Waals surface area contributed by atoms with E-state index < -0.39 is 0 Å². The van der Waals surface area contributed by atoms with Crippen LogP contribution in [0.3, 0.4) is 0 Å². The van der Waals surface area contributed by atoms with E-state index in [-0.39, 0.29) is 11.8 Å². The van der Waals surface area contributed by atoms with E-state index in [1.54, 1.807) is 12.4 Å². The molecule has 1 fully saturated rings. The monoisotopic (exact) mass is 519 g/mol. The van der Waals surface area contributed by atoms with Crippen molar-refractivity contribution in [1.29, 1.82) is 0 Å². The zero-order valence-corrected chi connectivity index (χ0v) is 21.3. The molecular formula is C27H30FN7OS. The lowest BCUT2D eigenvalue weighted by Crippen LogP contribution is -2.43. The number of para-hydroxylation sites is 2. The number of urea groups is 1. The molecule has 37 heavy (non-hydrogen) atoms. The Kier molecular flexibility index (Phi) is 8.17.